The van der Waals surface area contributed by atoms with Crippen molar-refractivity contribution in [2.45, 2.75) is 37.3 Å². The van der Waals surface area contributed by atoms with Crippen molar-refractivity contribution in [3.63, 3.8) is 0 Å². The summed E-state index contributed by atoms with van der Waals surface area (Å²) in [5.74, 6) is 0. The Morgan fingerprint density at radius 2 is 2.33 bits per heavy atom. The first-order valence-electron chi connectivity index (χ1n) is 4.93. The van der Waals surface area contributed by atoms with Gasteiger partial charge in [0.2, 0.25) is 0 Å². The Bertz CT molecular complexity index is 170. The summed E-state index contributed by atoms with van der Waals surface area (Å²) in [7, 11) is 0. The highest BCUT2D eigenvalue weighted by Gasteiger charge is 2.46. The summed E-state index contributed by atoms with van der Waals surface area (Å²) < 4.78 is 0. The zero-order valence-corrected chi connectivity index (χ0v) is 7.50. The van der Waals surface area contributed by atoms with E-state index in [4.69, 9.17) is 5.73 Å². The van der Waals surface area contributed by atoms with Gasteiger partial charge in [-0.15, -0.1) is 0 Å². The highest BCUT2D eigenvalue weighted by Crippen LogP contribution is 2.37. The third-order valence-corrected chi connectivity index (χ3v) is 3.39. The van der Waals surface area contributed by atoms with Crippen LogP contribution in [0.25, 0.3) is 0 Å². The number of hydrogen-bond acceptors (Lipinski definition) is 3. The molecule has 2 heterocycles. The zero-order valence-electron chi connectivity index (χ0n) is 7.50. The van der Waals surface area contributed by atoms with Crippen molar-refractivity contribution in [3.05, 3.63) is 0 Å². The maximum absolute atomic E-state index is 10.2. The molecular formula is C9H18N2O. The van der Waals surface area contributed by atoms with Crippen molar-refractivity contribution in [1.29, 1.82) is 0 Å². The predicted octanol–water partition coefficient (Wildman–Crippen LogP) is -0.0656. The summed E-state index contributed by atoms with van der Waals surface area (Å²) in [6.07, 6.45) is 4.11. The van der Waals surface area contributed by atoms with Crippen molar-refractivity contribution in [1.82, 2.24) is 4.90 Å². The van der Waals surface area contributed by atoms with E-state index in [2.05, 4.69) is 4.90 Å². The summed E-state index contributed by atoms with van der Waals surface area (Å²) in [5, 5.41) is 10.2. The standard InChI is InChI=1S/C9H18N2O/c10-5-3-9(12)4-7-11-6-1-2-8(9)11/h8,12H,1-7,10H2. The quantitative estimate of drug-likeness (QED) is 0.610. The molecule has 2 rings (SSSR count). The monoisotopic (exact) mass is 170 g/mol. The van der Waals surface area contributed by atoms with E-state index in [1.807, 2.05) is 0 Å². The fourth-order valence-electron chi connectivity index (χ4n) is 2.75. The van der Waals surface area contributed by atoms with Gasteiger partial charge >= 0.3 is 0 Å². The molecule has 0 aromatic rings. The lowest BCUT2D eigenvalue weighted by molar-refractivity contribution is 0.00813. The van der Waals surface area contributed by atoms with Crippen molar-refractivity contribution >= 4 is 0 Å². The van der Waals surface area contributed by atoms with Crippen molar-refractivity contribution in [3.8, 4) is 0 Å². The number of hydrogen-bond donors (Lipinski definition) is 2. The van der Waals surface area contributed by atoms with E-state index < -0.39 is 5.60 Å². The lowest BCUT2D eigenvalue weighted by Gasteiger charge is -2.29. The van der Waals surface area contributed by atoms with Gasteiger partial charge in [0.25, 0.3) is 0 Å². The topological polar surface area (TPSA) is 49.5 Å². The van der Waals surface area contributed by atoms with E-state index in [0.29, 0.717) is 12.6 Å². The molecule has 0 aliphatic carbocycles. The summed E-state index contributed by atoms with van der Waals surface area (Å²) in [6, 6.07) is 0.418. The van der Waals surface area contributed by atoms with Gasteiger partial charge in [0.05, 0.1) is 5.60 Å². The average molecular weight is 170 g/mol. The molecule has 2 saturated heterocycles. The van der Waals surface area contributed by atoms with Crippen LogP contribution in [0.4, 0.5) is 0 Å². The molecule has 2 aliphatic rings. The van der Waals surface area contributed by atoms with Crippen LogP contribution < -0.4 is 5.73 Å². The normalized spacial score (nSPS) is 42.0. The zero-order chi connectivity index (χ0) is 8.60. The van der Waals surface area contributed by atoms with Crippen LogP contribution in [0.5, 0.6) is 0 Å². The third-order valence-electron chi connectivity index (χ3n) is 3.39. The summed E-state index contributed by atoms with van der Waals surface area (Å²) in [6.45, 7) is 2.86. The van der Waals surface area contributed by atoms with Gasteiger partial charge in [-0.3, -0.25) is 4.90 Å². The van der Waals surface area contributed by atoms with Gasteiger partial charge in [-0.25, -0.2) is 0 Å². The van der Waals surface area contributed by atoms with Gasteiger partial charge in [-0.1, -0.05) is 0 Å². The van der Waals surface area contributed by atoms with Crippen LogP contribution >= 0.6 is 0 Å². The van der Waals surface area contributed by atoms with Crippen LogP contribution in [0.1, 0.15) is 25.7 Å². The summed E-state index contributed by atoms with van der Waals surface area (Å²) in [5.41, 5.74) is 5.04. The number of rotatable bonds is 2. The first-order valence-corrected chi connectivity index (χ1v) is 4.93. The molecule has 0 saturated carbocycles. The molecule has 2 unspecified atom stereocenters. The fraction of sp³-hybridized carbons (Fsp3) is 1.00. The Morgan fingerprint density at radius 1 is 1.50 bits per heavy atom. The second-order valence-electron chi connectivity index (χ2n) is 4.09. The second-order valence-corrected chi connectivity index (χ2v) is 4.09. The van der Waals surface area contributed by atoms with Crippen LogP contribution in [0.15, 0.2) is 0 Å². The number of nitrogens with two attached hydrogens (primary N) is 1. The van der Waals surface area contributed by atoms with E-state index >= 15 is 0 Å². The molecule has 3 nitrogen and oxygen atoms in total. The third kappa shape index (κ3) is 1.16. The average Bonchev–Trinajstić information content (AvgIpc) is 2.57. The summed E-state index contributed by atoms with van der Waals surface area (Å²) >= 11 is 0. The molecule has 3 heteroatoms. The first-order chi connectivity index (χ1) is 5.76. The maximum atomic E-state index is 10.2. The molecule has 12 heavy (non-hydrogen) atoms. The van der Waals surface area contributed by atoms with Crippen molar-refractivity contribution in [2.75, 3.05) is 19.6 Å². The number of fused-ring (bicyclic) bond motifs is 1. The molecule has 0 bridgehead atoms. The highest BCUT2D eigenvalue weighted by molar-refractivity contribution is 5.02. The van der Waals surface area contributed by atoms with Gasteiger partial charge < -0.3 is 10.8 Å². The Morgan fingerprint density at radius 3 is 3.08 bits per heavy atom. The molecular weight excluding hydrogens is 152 g/mol. The van der Waals surface area contributed by atoms with Gasteiger partial charge in [0.1, 0.15) is 0 Å². The molecule has 0 spiro atoms. The smallest absolute Gasteiger partial charge is 0.0826 e. The van der Waals surface area contributed by atoms with Gasteiger partial charge in [0, 0.05) is 12.6 Å². The van der Waals surface area contributed by atoms with Gasteiger partial charge in [-0.05, 0) is 38.8 Å². The van der Waals surface area contributed by atoms with E-state index in [9.17, 15) is 5.11 Å². The Balaban J connectivity index is 2.06. The summed E-state index contributed by atoms with van der Waals surface area (Å²) in [4.78, 5) is 2.41. The van der Waals surface area contributed by atoms with Crippen molar-refractivity contribution < 1.29 is 5.11 Å². The van der Waals surface area contributed by atoms with Gasteiger partial charge in [-0.2, -0.15) is 0 Å². The fourth-order valence-corrected chi connectivity index (χ4v) is 2.75. The van der Waals surface area contributed by atoms with Crippen molar-refractivity contribution in [2.24, 2.45) is 5.73 Å². The van der Waals surface area contributed by atoms with Crippen LogP contribution in [0.2, 0.25) is 0 Å². The molecule has 0 aromatic heterocycles. The van der Waals surface area contributed by atoms with E-state index in [1.54, 1.807) is 0 Å². The molecule has 70 valence electrons. The number of nitrogens with zero attached hydrogens (tertiary/aromatic N) is 1. The Hall–Kier alpha value is -0.120. The minimum atomic E-state index is -0.453. The lowest BCUT2D eigenvalue weighted by Crippen LogP contribution is -2.42. The molecule has 0 aromatic carbocycles. The molecule has 0 amide bonds. The van der Waals surface area contributed by atoms with Gasteiger partial charge in [0.15, 0.2) is 0 Å². The van der Waals surface area contributed by atoms with E-state index in [-0.39, 0.29) is 0 Å². The molecule has 2 atom stereocenters. The largest absolute Gasteiger partial charge is 0.388 e. The Labute approximate surface area is 73.5 Å². The Kier molecular flexibility index (Phi) is 2.10. The molecule has 2 aliphatic heterocycles. The predicted molar refractivity (Wildman–Crippen MR) is 47.8 cm³/mol. The van der Waals surface area contributed by atoms with Crippen LogP contribution in [0, 0.1) is 0 Å². The van der Waals surface area contributed by atoms with Crippen LogP contribution in [-0.2, 0) is 0 Å². The van der Waals surface area contributed by atoms with Crippen LogP contribution in [-0.4, -0.2) is 41.3 Å². The first kappa shape index (κ1) is 8.48. The number of aliphatic hydroxyl groups is 1. The van der Waals surface area contributed by atoms with E-state index in [0.717, 1.165) is 25.8 Å². The minimum absolute atomic E-state index is 0.418. The molecule has 0 radical (unpaired) electrons. The maximum Gasteiger partial charge on any atom is 0.0826 e. The lowest BCUT2D eigenvalue weighted by atomic mass is 9.89. The molecule has 2 fully saturated rings. The van der Waals surface area contributed by atoms with E-state index in [1.165, 1.54) is 13.0 Å². The molecule has 3 N–H and O–H groups in total. The minimum Gasteiger partial charge on any atom is -0.388 e. The van der Waals surface area contributed by atoms with Crippen LogP contribution in [0.3, 0.4) is 0 Å². The second kappa shape index (κ2) is 2.98. The highest BCUT2D eigenvalue weighted by atomic mass is 16.3. The SMILES string of the molecule is NCCC1(O)CCN2CCCC21.